The molecule has 4 rings (SSSR count). The lowest BCUT2D eigenvalue weighted by Gasteiger charge is -2.03. The number of nitrogens with zero attached hydrogens (tertiary/aromatic N) is 1. The topological polar surface area (TPSA) is 24.9 Å². The number of nitrogens with one attached hydrogen (secondary N) is 1. The molecule has 0 saturated heterocycles. The summed E-state index contributed by atoms with van der Waals surface area (Å²) < 4.78 is 0. The molecule has 0 fully saturated rings. The molecule has 2 aromatic heterocycles. The first-order valence-electron chi connectivity index (χ1n) is 8.22. The van der Waals surface area contributed by atoms with Crippen molar-refractivity contribution >= 4 is 22.7 Å². The van der Waals surface area contributed by atoms with Crippen LogP contribution in [0.25, 0.3) is 21.6 Å². The van der Waals surface area contributed by atoms with E-state index in [1.807, 2.05) is 12.3 Å². The van der Waals surface area contributed by atoms with Crippen LogP contribution in [0.4, 0.5) is 0 Å². The van der Waals surface area contributed by atoms with Crippen LogP contribution in [0.2, 0.25) is 0 Å². The second-order valence-electron chi connectivity index (χ2n) is 5.74. The molecule has 0 aliphatic heterocycles. The predicted molar refractivity (Wildman–Crippen MR) is 108 cm³/mol. The van der Waals surface area contributed by atoms with Crippen LogP contribution in [0.1, 0.15) is 9.88 Å². The third kappa shape index (κ3) is 4.04. The average molecular weight is 363 g/mol. The molecule has 0 aliphatic rings. The standard InChI is InChI=1S/C21H18N2S2/c1-2-5-16(6-3-1)17-8-10-18(11-9-17)20-14-23-21(25-20)15-22-13-19-7-4-12-24-19/h1-12,14,22H,13,15H2. The van der Waals surface area contributed by atoms with Gasteiger partial charge in [0.15, 0.2) is 0 Å². The summed E-state index contributed by atoms with van der Waals surface area (Å²) >= 11 is 3.53. The summed E-state index contributed by atoms with van der Waals surface area (Å²) in [6.07, 6.45) is 1.98. The zero-order chi connectivity index (χ0) is 16.9. The highest BCUT2D eigenvalue weighted by Crippen LogP contribution is 2.28. The van der Waals surface area contributed by atoms with Crippen molar-refractivity contribution in [2.45, 2.75) is 13.1 Å². The van der Waals surface area contributed by atoms with Crippen LogP contribution in [0.3, 0.4) is 0 Å². The van der Waals surface area contributed by atoms with E-state index in [1.54, 1.807) is 22.7 Å². The fourth-order valence-electron chi connectivity index (χ4n) is 2.69. The molecule has 2 nitrogen and oxygen atoms in total. The van der Waals surface area contributed by atoms with Gasteiger partial charge in [0, 0.05) is 24.2 Å². The van der Waals surface area contributed by atoms with E-state index in [2.05, 4.69) is 76.3 Å². The second-order valence-corrected chi connectivity index (χ2v) is 7.89. The Morgan fingerprint density at radius 1 is 0.760 bits per heavy atom. The molecular weight excluding hydrogens is 344 g/mol. The number of thiophene rings is 1. The van der Waals surface area contributed by atoms with Crippen molar-refractivity contribution in [1.82, 2.24) is 10.3 Å². The summed E-state index contributed by atoms with van der Waals surface area (Å²) in [4.78, 5) is 7.12. The van der Waals surface area contributed by atoms with Crippen molar-refractivity contribution < 1.29 is 0 Å². The van der Waals surface area contributed by atoms with Crippen LogP contribution >= 0.6 is 22.7 Å². The summed E-state index contributed by atoms with van der Waals surface area (Å²) in [6, 6.07) is 23.4. The Hall–Kier alpha value is -2.27. The molecule has 0 unspecified atom stereocenters. The van der Waals surface area contributed by atoms with E-state index in [1.165, 1.54) is 26.4 Å². The van der Waals surface area contributed by atoms with Crippen molar-refractivity contribution in [3.8, 4) is 21.6 Å². The first-order chi connectivity index (χ1) is 12.4. The molecule has 1 N–H and O–H groups in total. The Balaban J connectivity index is 1.41. The number of hydrogen-bond acceptors (Lipinski definition) is 4. The zero-order valence-corrected chi connectivity index (χ0v) is 15.3. The number of thiazole rings is 1. The molecule has 0 amide bonds. The SMILES string of the molecule is c1ccc(-c2ccc(-c3cnc(CNCc4cccs4)s3)cc2)cc1. The summed E-state index contributed by atoms with van der Waals surface area (Å²) in [5.41, 5.74) is 3.71. The molecule has 4 heteroatoms. The molecule has 0 bridgehead atoms. The highest BCUT2D eigenvalue weighted by molar-refractivity contribution is 7.15. The number of rotatable bonds is 6. The van der Waals surface area contributed by atoms with E-state index in [9.17, 15) is 0 Å². The van der Waals surface area contributed by atoms with Gasteiger partial charge in [0.1, 0.15) is 5.01 Å². The average Bonchev–Trinajstić information content (AvgIpc) is 3.35. The van der Waals surface area contributed by atoms with Gasteiger partial charge in [0.05, 0.1) is 4.88 Å². The highest BCUT2D eigenvalue weighted by atomic mass is 32.1. The Morgan fingerprint density at radius 2 is 1.52 bits per heavy atom. The fourth-order valence-corrected chi connectivity index (χ4v) is 4.26. The van der Waals surface area contributed by atoms with Crippen molar-refractivity contribution in [3.63, 3.8) is 0 Å². The summed E-state index contributed by atoms with van der Waals surface area (Å²) in [5.74, 6) is 0. The zero-order valence-electron chi connectivity index (χ0n) is 13.7. The van der Waals surface area contributed by atoms with Gasteiger partial charge in [-0.3, -0.25) is 0 Å². The summed E-state index contributed by atoms with van der Waals surface area (Å²) in [6.45, 7) is 1.71. The molecule has 4 aromatic rings. The third-order valence-electron chi connectivity index (χ3n) is 3.99. The van der Waals surface area contributed by atoms with E-state index in [0.717, 1.165) is 18.1 Å². The van der Waals surface area contributed by atoms with Gasteiger partial charge >= 0.3 is 0 Å². The van der Waals surface area contributed by atoms with Crippen molar-refractivity contribution in [1.29, 1.82) is 0 Å². The smallest absolute Gasteiger partial charge is 0.107 e. The minimum Gasteiger partial charge on any atom is -0.306 e. The van der Waals surface area contributed by atoms with Crippen LogP contribution in [-0.2, 0) is 13.1 Å². The molecule has 0 aliphatic carbocycles. The molecule has 25 heavy (non-hydrogen) atoms. The van der Waals surface area contributed by atoms with Crippen molar-refractivity contribution in [2.75, 3.05) is 0 Å². The van der Waals surface area contributed by atoms with E-state index in [0.29, 0.717) is 0 Å². The Labute approximate surface area is 155 Å². The van der Waals surface area contributed by atoms with Gasteiger partial charge in [-0.1, -0.05) is 60.7 Å². The Kier molecular flexibility index (Phi) is 5.02. The molecule has 0 spiro atoms. The minimum absolute atomic E-state index is 0.810. The van der Waals surface area contributed by atoms with E-state index in [-0.39, 0.29) is 0 Å². The molecule has 2 heterocycles. The van der Waals surface area contributed by atoms with E-state index >= 15 is 0 Å². The monoisotopic (exact) mass is 362 g/mol. The van der Waals surface area contributed by atoms with Crippen LogP contribution in [0, 0.1) is 0 Å². The normalized spacial score (nSPS) is 10.9. The minimum atomic E-state index is 0.810. The number of aromatic nitrogens is 1. The van der Waals surface area contributed by atoms with Crippen LogP contribution in [0.15, 0.2) is 78.3 Å². The van der Waals surface area contributed by atoms with Gasteiger partial charge < -0.3 is 5.32 Å². The summed E-state index contributed by atoms with van der Waals surface area (Å²) in [5, 5.41) is 6.69. The molecular formula is C21H18N2S2. The van der Waals surface area contributed by atoms with Gasteiger partial charge in [-0.15, -0.1) is 22.7 Å². The lowest BCUT2D eigenvalue weighted by Crippen LogP contribution is -2.11. The Morgan fingerprint density at radius 3 is 2.28 bits per heavy atom. The van der Waals surface area contributed by atoms with Crippen molar-refractivity contribution in [2.24, 2.45) is 0 Å². The maximum Gasteiger partial charge on any atom is 0.107 e. The third-order valence-corrected chi connectivity index (χ3v) is 5.91. The van der Waals surface area contributed by atoms with Crippen LogP contribution in [-0.4, -0.2) is 4.98 Å². The summed E-state index contributed by atoms with van der Waals surface area (Å²) in [7, 11) is 0. The molecule has 0 atom stereocenters. The van der Waals surface area contributed by atoms with Gasteiger partial charge in [-0.2, -0.15) is 0 Å². The van der Waals surface area contributed by atoms with E-state index < -0.39 is 0 Å². The number of benzene rings is 2. The lowest BCUT2D eigenvalue weighted by atomic mass is 10.0. The first-order valence-corrected chi connectivity index (χ1v) is 9.92. The van der Waals surface area contributed by atoms with Gasteiger partial charge in [-0.25, -0.2) is 4.98 Å². The largest absolute Gasteiger partial charge is 0.306 e. The van der Waals surface area contributed by atoms with Gasteiger partial charge in [0.25, 0.3) is 0 Å². The number of hydrogen-bond donors (Lipinski definition) is 1. The second kappa shape index (κ2) is 7.74. The predicted octanol–water partition coefficient (Wildman–Crippen LogP) is 5.83. The Bertz CT molecular complexity index is 910. The van der Waals surface area contributed by atoms with E-state index in [4.69, 9.17) is 0 Å². The molecule has 0 saturated carbocycles. The van der Waals surface area contributed by atoms with Gasteiger partial charge in [-0.05, 0) is 28.1 Å². The van der Waals surface area contributed by atoms with Crippen LogP contribution < -0.4 is 5.32 Å². The fraction of sp³-hybridized carbons (Fsp3) is 0.0952. The quantitative estimate of drug-likeness (QED) is 0.467. The highest BCUT2D eigenvalue weighted by Gasteiger charge is 2.05. The molecule has 2 aromatic carbocycles. The first kappa shape index (κ1) is 16.2. The molecule has 124 valence electrons. The molecule has 0 radical (unpaired) electrons. The lowest BCUT2D eigenvalue weighted by molar-refractivity contribution is 0.697. The van der Waals surface area contributed by atoms with Crippen molar-refractivity contribution in [3.05, 3.63) is 88.2 Å². The maximum atomic E-state index is 4.55. The maximum absolute atomic E-state index is 4.55. The van der Waals surface area contributed by atoms with Crippen LogP contribution in [0.5, 0.6) is 0 Å². The van der Waals surface area contributed by atoms with Gasteiger partial charge in [0.2, 0.25) is 0 Å².